The average molecular weight is 299 g/mol. The number of nitrogens with zero attached hydrogens (tertiary/aromatic N) is 5. The molecule has 2 aromatic heterocycles. The third-order valence-corrected chi connectivity index (χ3v) is 3.52. The van der Waals surface area contributed by atoms with Gasteiger partial charge < -0.3 is 11.1 Å². The quantitative estimate of drug-likeness (QED) is 0.833. The average Bonchev–Trinajstić information content (AvgIpc) is 2.96. The highest BCUT2D eigenvalue weighted by Gasteiger charge is 2.28. The molecule has 0 unspecified atom stereocenters. The number of nitrogens with two attached hydrogens (primary N) is 1. The Morgan fingerprint density at radius 2 is 2.18 bits per heavy atom. The second-order valence-electron chi connectivity index (χ2n) is 5.12. The molecule has 3 rings (SSSR count). The summed E-state index contributed by atoms with van der Waals surface area (Å²) in [4.78, 5) is 30.2. The van der Waals surface area contributed by atoms with E-state index < -0.39 is 0 Å². The summed E-state index contributed by atoms with van der Waals surface area (Å²) in [5.74, 6) is 0.718. The van der Waals surface area contributed by atoms with Crippen LogP contribution in [0.5, 0.6) is 0 Å². The summed E-state index contributed by atoms with van der Waals surface area (Å²) in [5.41, 5.74) is 6.12. The van der Waals surface area contributed by atoms with Gasteiger partial charge >= 0.3 is 0 Å². The smallest absolute Gasteiger partial charge is 0.231 e. The monoisotopic (exact) mass is 299 g/mol. The van der Waals surface area contributed by atoms with Crippen LogP contribution in [0.25, 0.3) is 0 Å². The number of hydrogen-bond acceptors (Lipinski definition) is 7. The van der Waals surface area contributed by atoms with E-state index in [0.717, 1.165) is 25.1 Å². The highest BCUT2D eigenvalue weighted by Crippen LogP contribution is 2.30. The Labute approximate surface area is 127 Å². The molecule has 2 aromatic rings. The van der Waals surface area contributed by atoms with E-state index in [1.807, 2.05) is 4.90 Å². The summed E-state index contributed by atoms with van der Waals surface area (Å²) >= 11 is 0. The number of rotatable bonds is 5. The largest absolute Gasteiger partial charge is 0.369 e. The molecule has 3 N–H and O–H groups in total. The van der Waals surface area contributed by atoms with Crippen LogP contribution in [0.4, 0.5) is 11.8 Å². The Morgan fingerprint density at radius 3 is 2.95 bits per heavy atom. The van der Waals surface area contributed by atoms with Crippen LogP contribution in [0.2, 0.25) is 0 Å². The first-order valence-corrected chi connectivity index (χ1v) is 7.11. The van der Waals surface area contributed by atoms with Crippen molar-refractivity contribution in [1.82, 2.24) is 24.8 Å². The summed E-state index contributed by atoms with van der Waals surface area (Å²) < 4.78 is 0. The maximum Gasteiger partial charge on any atom is 0.231 e. The number of hydrogen-bond donors (Lipinski definition) is 2. The van der Waals surface area contributed by atoms with Crippen molar-refractivity contribution in [3.8, 4) is 0 Å². The Morgan fingerprint density at radius 1 is 1.36 bits per heavy atom. The second-order valence-corrected chi connectivity index (χ2v) is 5.12. The van der Waals surface area contributed by atoms with Gasteiger partial charge in [-0.3, -0.25) is 14.7 Å². The van der Waals surface area contributed by atoms with Gasteiger partial charge in [-0.25, -0.2) is 15.0 Å². The minimum atomic E-state index is -0.327. The Bertz CT molecular complexity index is 649. The van der Waals surface area contributed by atoms with Gasteiger partial charge in [0.2, 0.25) is 11.9 Å². The van der Waals surface area contributed by atoms with Gasteiger partial charge in [-0.2, -0.15) is 0 Å². The van der Waals surface area contributed by atoms with Gasteiger partial charge in [0.25, 0.3) is 0 Å². The fraction of sp³-hybridized carbons (Fsp3) is 0.357. The van der Waals surface area contributed by atoms with E-state index in [0.29, 0.717) is 11.8 Å². The summed E-state index contributed by atoms with van der Waals surface area (Å²) in [6, 6.07) is 1.81. The molecule has 1 aliphatic heterocycles. The van der Waals surface area contributed by atoms with Crippen LogP contribution in [0.15, 0.2) is 30.9 Å². The van der Waals surface area contributed by atoms with Crippen molar-refractivity contribution in [2.45, 2.75) is 18.9 Å². The predicted molar refractivity (Wildman–Crippen MR) is 80.1 cm³/mol. The molecule has 114 valence electrons. The summed E-state index contributed by atoms with van der Waals surface area (Å²) in [5, 5.41) is 3.02. The van der Waals surface area contributed by atoms with Crippen molar-refractivity contribution in [3.63, 3.8) is 0 Å². The molecule has 0 spiro atoms. The number of aromatic nitrogens is 4. The highest BCUT2D eigenvalue weighted by atomic mass is 16.1. The first-order chi connectivity index (χ1) is 10.7. The van der Waals surface area contributed by atoms with Gasteiger partial charge in [0.05, 0.1) is 30.7 Å². The van der Waals surface area contributed by atoms with Crippen LogP contribution in [0, 0.1) is 0 Å². The third-order valence-electron chi connectivity index (χ3n) is 3.52. The van der Waals surface area contributed by atoms with Crippen molar-refractivity contribution < 1.29 is 4.79 Å². The van der Waals surface area contributed by atoms with Gasteiger partial charge in [0.1, 0.15) is 0 Å². The van der Waals surface area contributed by atoms with E-state index in [-0.39, 0.29) is 18.5 Å². The number of primary amides is 1. The van der Waals surface area contributed by atoms with Crippen molar-refractivity contribution >= 4 is 17.7 Å². The zero-order chi connectivity index (χ0) is 15.4. The molecule has 8 nitrogen and oxygen atoms in total. The minimum absolute atomic E-state index is 0.0680. The van der Waals surface area contributed by atoms with Crippen LogP contribution in [0.1, 0.15) is 24.6 Å². The molecule has 1 amide bonds. The number of nitrogens with one attached hydrogen (secondary N) is 1. The van der Waals surface area contributed by atoms with Crippen molar-refractivity contribution in [2.75, 3.05) is 18.4 Å². The SMILES string of the molecule is NC(=O)CN1CCC[C@H]1c1cncc(Nc2ncccn2)n1. The molecular weight excluding hydrogens is 282 g/mol. The van der Waals surface area contributed by atoms with Crippen LogP contribution in [-0.2, 0) is 4.79 Å². The predicted octanol–water partition coefficient (Wildman–Crippen LogP) is 0.632. The normalized spacial score (nSPS) is 18.3. The second kappa shape index (κ2) is 6.44. The highest BCUT2D eigenvalue weighted by molar-refractivity contribution is 5.76. The number of anilines is 2. The van der Waals surface area contributed by atoms with Gasteiger partial charge in [0.15, 0.2) is 5.82 Å². The molecule has 1 aliphatic rings. The lowest BCUT2D eigenvalue weighted by atomic mass is 10.1. The van der Waals surface area contributed by atoms with Gasteiger partial charge in [-0.15, -0.1) is 0 Å². The van der Waals surface area contributed by atoms with Crippen molar-refractivity contribution in [2.24, 2.45) is 5.73 Å². The zero-order valence-electron chi connectivity index (χ0n) is 12.0. The van der Waals surface area contributed by atoms with E-state index in [1.54, 1.807) is 30.9 Å². The molecule has 1 saturated heterocycles. The Balaban J connectivity index is 1.77. The first kappa shape index (κ1) is 14.3. The van der Waals surface area contributed by atoms with E-state index >= 15 is 0 Å². The van der Waals surface area contributed by atoms with E-state index in [4.69, 9.17) is 5.73 Å². The molecule has 0 radical (unpaired) electrons. The van der Waals surface area contributed by atoms with Crippen molar-refractivity contribution in [3.05, 3.63) is 36.5 Å². The van der Waals surface area contributed by atoms with E-state index in [2.05, 4.69) is 25.3 Å². The number of carbonyl (C=O) groups excluding carboxylic acids is 1. The number of carbonyl (C=O) groups is 1. The minimum Gasteiger partial charge on any atom is -0.369 e. The fourth-order valence-electron chi connectivity index (χ4n) is 2.63. The van der Waals surface area contributed by atoms with E-state index in [1.165, 1.54) is 0 Å². The molecule has 0 saturated carbocycles. The number of amides is 1. The summed E-state index contributed by atoms with van der Waals surface area (Å²) in [6.07, 6.45) is 8.59. The van der Waals surface area contributed by atoms with Crippen LogP contribution < -0.4 is 11.1 Å². The van der Waals surface area contributed by atoms with Crippen LogP contribution >= 0.6 is 0 Å². The lowest BCUT2D eigenvalue weighted by Crippen LogP contribution is -2.33. The Kier molecular flexibility index (Phi) is 4.19. The molecule has 1 atom stereocenters. The van der Waals surface area contributed by atoms with Gasteiger partial charge in [0, 0.05) is 12.4 Å². The maximum absolute atomic E-state index is 11.2. The summed E-state index contributed by atoms with van der Waals surface area (Å²) in [6.45, 7) is 1.08. The molecule has 0 bridgehead atoms. The van der Waals surface area contributed by atoms with Gasteiger partial charge in [-0.1, -0.05) is 0 Å². The molecule has 3 heterocycles. The standard InChI is InChI=1S/C14H17N7O/c15-12(22)9-21-6-1-3-11(21)10-7-16-8-13(19-10)20-14-17-4-2-5-18-14/h2,4-5,7-8,11H,1,3,6,9H2,(H2,15,22)(H,17,18,19,20)/t11-/m0/s1. The zero-order valence-corrected chi connectivity index (χ0v) is 12.0. The Hall–Kier alpha value is -2.61. The lowest BCUT2D eigenvalue weighted by Gasteiger charge is -2.22. The van der Waals surface area contributed by atoms with E-state index in [9.17, 15) is 4.79 Å². The maximum atomic E-state index is 11.2. The third kappa shape index (κ3) is 3.34. The lowest BCUT2D eigenvalue weighted by molar-refractivity contribution is -0.119. The topological polar surface area (TPSA) is 110 Å². The van der Waals surface area contributed by atoms with Crippen LogP contribution in [-0.4, -0.2) is 43.8 Å². The first-order valence-electron chi connectivity index (χ1n) is 7.11. The molecule has 22 heavy (non-hydrogen) atoms. The summed E-state index contributed by atoms with van der Waals surface area (Å²) in [7, 11) is 0. The van der Waals surface area contributed by atoms with Gasteiger partial charge in [-0.05, 0) is 25.5 Å². The molecule has 1 fully saturated rings. The molecular formula is C14H17N7O. The van der Waals surface area contributed by atoms with Crippen molar-refractivity contribution in [1.29, 1.82) is 0 Å². The molecule has 8 heteroatoms. The fourth-order valence-corrected chi connectivity index (χ4v) is 2.63. The molecule has 0 aliphatic carbocycles. The number of likely N-dealkylation sites (tertiary alicyclic amines) is 1. The van der Waals surface area contributed by atoms with Crippen LogP contribution in [0.3, 0.4) is 0 Å². The molecule has 0 aromatic carbocycles.